The molecule has 0 N–H and O–H groups in total. The molecule has 1 saturated heterocycles. The zero-order valence-corrected chi connectivity index (χ0v) is 14.6. The highest BCUT2D eigenvalue weighted by atomic mass is 19.2. The Morgan fingerprint density at radius 2 is 1.18 bits per heavy atom. The Kier molecular flexibility index (Phi) is 5.04. The van der Waals surface area contributed by atoms with E-state index in [0.717, 1.165) is 5.57 Å². The molecule has 1 fully saturated rings. The van der Waals surface area contributed by atoms with Crippen molar-refractivity contribution in [1.29, 1.82) is 0 Å². The highest BCUT2D eigenvalue weighted by Crippen LogP contribution is 2.41. The van der Waals surface area contributed by atoms with E-state index >= 15 is 0 Å². The van der Waals surface area contributed by atoms with E-state index in [1.54, 1.807) is 6.92 Å². The predicted octanol–water partition coefficient (Wildman–Crippen LogP) is 5.07. The standard InChI is InChI=1S/C10H18O2.C6H8F2O2/c1-7(2)8-11-9(3,4)10(5,6)12-8;1-3-6(2)9-4(7)5(8)10-6/h1-6H3;3H2,1-2H3. The number of halogens is 2. The minimum atomic E-state index is -1.26. The molecule has 2 heterocycles. The normalized spacial score (nSPS) is 23.6. The van der Waals surface area contributed by atoms with Crippen LogP contribution in [0.3, 0.4) is 0 Å². The van der Waals surface area contributed by atoms with Gasteiger partial charge in [0, 0.05) is 18.9 Å². The minimum Gasteiger partial charge on any atom is -0.455 e. The molecular weight excluding hydrogens is 294 g/mol. The van der Waals surface area contributed by atoms with Gasteiger partial charge in [-0.05, 0) is 41.5 Å². The summed E-state index contributed by atoms with van der Waals surface area (Å²) in [4.78, 5) is 0. The Hall–Kier alpha value is -1.46. The molecule has 0 aromatic carbocycles. The van der Waals surface area contributed by atoms with Crippen LogP contribution in [0.4, 0.5) is 8.78 Å². The van der Waals surface area contributed by atoms with Crippen LogP contribution >= 0.6 is 0 Å². The van der Waals surface area contributed by atoms with Crippen LogP contribution in [-0.4, -0.2) is 17.0 Å². The van der Waals surface area contributed by atoms with Gasteiger partial charge < -0.3 is 18.9 Å². The SMILES string of the molecule is CC(C)=C1OC(C)(C)C(C)(C)O1.CCC1(C)OC(F)=C(F)O1. The molecule has 0 bridgehead atoms. The molecule has 2 aliphatic rings. The van der Waals surface area contributed by atoms with Gasteiger partial charge in [-0.1, -0.05) is 6.92 Å². The van der Waals surface area contributed by atoms with E-state index in [2.05, 4.69) is 9.47 Å². The second kappa shape index (κ2) is 5.97. The van der Waals surface area contributed by atoms with Gasteiger partial charge in [-0.25, -0.2) is 0 Å². The second-order valence-corrected chi connectivity index (χ2v) is 6.75. The van der Waals surface area contributed by atoms with Gasteiger partial charge in [0.15, 0.2) is 0 Å². The lowest BCUT2D eigenvalue weighted by Gasteiger charge is -2.28. The van der Waals surface area contributed by atoms with Gasteiger partial charge in [-0.3, -0.25) is 0 Å². The summed E-state index contributed by atoms with van der Waals surface area (Å²) in [6, 6.07) is -2.52. The Morgan fingerprint density at radius 3 is 1.36 bits per heavy atom. The first kappa shape index (κ1) is 18.6. The average Bonchev–Trinajstić information content (AvgIpc) is 2.75. The van der Waals surface area contributed by atoms with Crippen LogP contribution in [0.1, 0.15) is 61.8 Å². The predicted molar refractivity (Wildman–Crippen MR) is 78.8 cm³/mol. The first-order valence-corrected chi connectivity index (χ1v) is 7.32. The van der Waals surface area contributed by atoms with Crippen molar-refractivity contribution < 1.29 is 27.7 Å². The fourth-order valence-electron chi connectivity index (χ4n) is 1.56. The summed E-state index contributed by atoms with van der Waals surface area (Å²) in [7, 11) is 0. The van der Waals surface area contributed by atoms with E-state index in [1.165, 1.54) is 6.92 Å². The van der Waals surface area contributed by atoms with Gasteiger partial charge >= 0.3 is 12.0 Å². The molecule has 6 heteroatoms. The summed E-state index contributed by atoms with van der Waals surface area (Å²) in [5, 5.41) is 0. The van der Waals surface area contributed by atoms with Crippen LogP contribution in [0, 0.1) is 0 Å². The first-order chi connectivity index (χ1) is 9.83. The Morgan fingerprint density at radius 1 is 0.818 bits per heavy atom. The summed E-state index contributed by atoms with van der Waals surface area (Å²) in [5.41, 5.74) is 0.618. The number of hydrogen-bond acceptors (Lipinski definition) is 4. The first-order valence-electron chi connectivity index (χ1n) is 7.32. The molecule has 0 saturated carbocycles. The average molecular weight is 320 g/mol. The quantitative estimate of drug-likeness (QED) is 0.676. The van der Waals surface area contributed by atoms with Crippen LogP contribution in [-0.2, 0) is 18.9 Å². The van der Waals surface area contributed by atoms with Crippen LogP contribution in [0.25, 0.3) is 0 Å². The van der Waals surface area contributed by atoms with E-state index in [9.17, 15) is 8.78 Å². The third kappa shape index (κ3) is 3.84. The van der Waals surface area contributed by atoms with Crippen molar-refractivity contribution >= 4 is 0 Å². The van der Waals surface area contributed by atoms with Crippen molar-refractivity contribution in [3.05, 3.63) is 23.5 Å². The van der Waals surface area contributed by atoms with Crippen molar-refractivity contribution in [1.82, 2.24) is 0 Å². The number of rotatable bonds is 1. The monoisotopic (exact) mass is 320 g/mol. The Labute approximate surface area is 131 Å². The third-order valence-corrected chi connectivity index (χ3v) is 3.96. The van der Waals surface area contributed by atoms with Crippen molar-refractivity contribution in [2.45, 2.75) is 78.8 Å². The summed E-state index contributed by atoms with van der Waals surface area (Å²) in [5.74, 6) is -0.459. The molecule has 0 aromatic heterocycles. The minimum absolute atomic E-state index is 0.237. The van der Waals surface area contributed by atoms with Gasteiger partial charge in [0.1, 0.15) is 11.2 Å². The maximum atomic E-state index is 12.2. The molecule has 22 heavy (non-hydrogen) atoms. The largest absolute Gasteiger partial charge is 0.455 e. The lowest BCUT2D eigenvalue weighted by molar-refractivity contribution is -0.156. The number of allylic oxidation sites excluding steroid dienone is 1. The van der Waals surface area contributed by atoms with Crippen LogP contribution < -0.4 is 0 Å². The van der Waals surface area contributed by atoms with Crippen molar-refractivity contribution in [2.24, 2.45) is 0 Å². The number of hydrogen-bond donors (Lipinski definition) is 0. The fraction of sp³-hybridized carbons (Fsp3) is 0.750. The van der Waals surface area contributed by atoms with Gasteiger partial charge in [0.05, 0.1) is 0 Å². The van der Waals surface area contributed by atoms with E-state index in [-0.39, 0.29) is 11.2 Å². The van der Waals surface area contributed by atoms with E-state index < -0.39 is 17.8 Å². The molecule has 0 aliphatic carbocycles. The van der Waals surface area contributed by atoms with Gasteiger partial charge in [0.25, 0.3) is 11.7 Å². The summed E-state index contributed by atoms with van der Waals surface area (Å²) >= 11 is 0. The van der Waals surface area contributed by atoms with Crippen LogP contribution in [0.5, 0.6) is 0 Å². The molecule has 2 aliphatic heterocycles. The summed E-state index contributed by atoms with van der Waals surface area (Å²) in [6.45, 7) is 15.3. The van der Waals surface area contributed by atoms with E-state index in [1.807, 2.05) is 41.5 Å². The summed E-state index contributed by atoms with van der Waals surface area (Å²) < 4.78 is 44.5. The topological polar surface area (TPSA) is 36.9 Å². The van der Waals surface area contributed by atoms with Crippen LogP contribution in [0.2, 0.25) is 0 Å². The van der Waals surface area contributed by atoms with Gasteiger partial charge in [-0.2, -0.15) is 8.78 Å². The molecule has 0 amide bonds. The molecule has 0 unspecified atom stereocenters. The molecule has 0 radical (unpaired) electrons. The highest BCUT2D eigenvalue weighted by molar-refractivity contribution is 5.08. The maximum Gasteiger partial charge on any atom is 0.350 e. The molecular formula is C16H26F2O4. The Bertz CT molecular complexity index is 456. The molecule has 0 aromatic rings. The zero-order valence-electron chi connectivity index (χ0n) is 14.6. The van der Waals surface area contributed by atoms with E-state index in [4.69, 9.17) is 9.47 Å². The van der Waals surface area contributed by atoms with Gasteiger partial charge in [0.2, 0.25) is 0 Å². The molecule has 4 nitrogen and oxygen atoms in total. The number of ether oxygens (including phenoxy) is 4. The molecule has 0 spiro atoms. The van der Waals surface area contributed by atoms with Crippen molar-refractivity contribution in [3.8, 4) is 0 Å². The third-order valence-electron chi connectivity index (χ3n) is 3.96. The maximum absolute atomic E-state index is 12.2. The molecule has 128 valence electrons. The lowest BCUT2D eigenvalue weighted by atomic mass is 9.90. The van der Waals surface area contributed by atoms with Crippen molar-refractivity contribution in [2.75, 3.05) is 0 Å². The Balaban J connectivity index is 0.000000224. The van der Waals surface area contributed by atoms with Crippen LogP contribution in [0.15, 0.2) is 23.5 Å². The highest BCUT2D eigenvalue weighted by Gasteiger charge is 2.48. The van der Waals surface area contributed by atoms with Gasteiger partial charge in [-0.15, -0.1) is 0 Å². The zero-order chi connectivity index (χ0) is 17.3. The fourth-order valence-corrected chi connectivity index (χ4v) is 1.56. The second-order valence-electron chi connectivity index (χ2n) is 6.75. The van der Waals surface area contributed by atoms with E-state index in [0.29, 0.717) is 12.4 Å². The molecule has 2 rings (SSSR count). The summed E-state index contributed by atoms with van der Waals surface area (Å²) in [6.07, 6.45) is 0.397. The smallest absolute Gasteiger partial charge is 0.350 e. The lowest BCUT2D eigenvalue weighted by Crippen LogP contribution is -2.41. The molecule has 0 atom stereocenters. The van der Waals surface area contributed by atoms with Crippen molar-refractivity contribution in [3.63, 3.8) is 0 Å².